The van der Waals surface area contributed by atoms with Crippen LogP contribution in [-0.2, 0) is 14.2 Å². The molecular weight excluding hydrogens is 244 g/mol. The van der Waals surface area contributed by atoms with Gasteiger partial charge in [-0.2, -0.15) is 0 Å². The molecule has 4 nitrogen and oxygen atoms in total. The van der Waals surface area contributed by atoms with Gasteiger partial charge in [0.2, 0.25) is 0 Å². The molecule has 104 valence electrons. The lowest BCUT2D eigenvalue weighted by Gasteiger charge is -2.12. The topological polar surface area (TPSA) is 44.8 Å². The quantitative estimate of drug-likeness (QED) is 0.411. The molecule has 0 fully saturated rings. The van der Waals surface area contributed by atoms with E-state index in [-0.39, 0.29) is 12.3 Å². The Morgan fingerprint density at radius 3 is 2.42 bits per heavy atom. The number of carbonyl (C=O) groups excluding carboxylic acids is 1. The number of ether oxygens (including phenoxy) is 3. The van der Waals surface area contributed by atoms with Crippen molar-refractivity contribution in [3.8, 4) is 0 Å². The second-order valence-electron chi connectivity index (χ2n) is 4.01. The Hall–Kier alpha value is -1.65. The van der Waals surface area contributed by atoms with Gasteiger partial charge < -0.3 is 14.2 Å². The van der Waals surface area contributed by atoms with Crippen LogP contribution in [0.4, 0.5) is 0 Å². The average Bonchev–Trinajstić information content (AvgIpc) is 2.47. The van der Waals surface area contributed by atoms with Crippen molar-refractivity contribution in [1.29, 1.82) is 0 Å². The molecule has 0 amide bonds. The molecule has 0 radical (unpaired) electrons. The summed E-state index contributed by atoms with van der Waals surface area (Å²) in [7, 11) is 3.17. The van der Waals surface area contributed by atoms with E-state index in [4.69, 9.17) is 14.2 Å². The maximum Gasteiger partial charge on any atom is 0.338 e. The first-order chi connectivity index (χ1) is 9.21. The molecule has 1 aromatic rings. The van der Waals surface area contributed by atoms with Gasteiger partial charge in [-0.25, -0.2) is 4.79 Å². The standard InChI is InChI=1S/C15H20O4/c1-4-12-7-9-13(10-8-12)15(16)19-11-5-6-14(17-2)18-3/h4,7-10,14H,1,5-6,11H2,2-3H3. The molecule has 0 unspecified atom stereocenters. The van der Waals surface area contributed by atoms with E-state index >= 15 is 0 Å². The van der Waals surface area contributed by atoms with E-state index in [1.807, 2.05) is 12.1 Å². The molecule has 0 spiro atoms. The largest absolute Gasteiger partial charge is 0.462 e. The molecule has 0 saturated carbocycles. The van der Waals surface area contributed by atoms with Gasteiger partial charge in [-0.05, 0) is 24.1 Å². The molecule has 0 aromatic heterocycles. The molecule has 1 aromatic carbocycles. The van der Waals surface area contributed by atoms with Crippen molar-refractivity contribution in [3.63, 3.8) is 0 Å². The van der Waals surface area contributed by atoms with Gasteiger partial charge in [0, 0.05) is 20.6 Å². The van der Waals surface area contributed by atoms with Crippen molar-refractivity contribution in [3.05, 3.63) is 42.0 Å². The van der Waals surface area contributed by atoms with Crippen LogP contribution in [0.1, 0.15) is 28.8 Å². The Labute approximate surface area is 114 Å². The van der Waals surface area contributed by atoms with Crippen LogP contribution in [0, 0.1) is 0 Å². The normalized spacial score (nSPS) is 10.5. The monoisotopic (exact) mass is 264 g/mol. The van der Waals surface area contributed by atoms with E-state index in [1.165, 1.54) is 0 Å². The predicted molar refractivity (Wildman–Crippen MR) is 73.9 cm³/mol. The van der Waals surface area contributed by atoms with Crippen molar-refractivity contribution >= 4 is 12.0 Å². The molecule has 0 atom stereocenters. The summed E-state index contributed by atoms with van der Waals surface area (Å²) in [5, 5.41) is 0. The van der Waals surface area contributed by atoms with Gasteiger partial charge in [0.25, 0.3) is 0 Å². The van der Waals surface area contributed by atoms with Gasteiger partial charge >= 0.3 is 5.97 Å². The molecule has 4 heteroatoms. The van der Waals surface area contributed by atoms with E-state index < -0.39 is 0 Å². The second kappa shape index (κ2) is 8.45. The first-order valence-corrected chi connectivity index (χ1v) is 6.16. The van der Waals surface area contributed by atoms with Gasteiger partial charge in [0.05, 0.1) is 12.2 Å². The van der Waals surface area contributed by atoms with Crippen LogP contribution in [0.15, 0.2) is 30.8 Å². The van der Waals surface area contributed by atoms with Crippen LogP contribution in [0.3, 0.4) is 0 Å². The van der Waals surface area contributed by atoms with Gasteiger partial charge in [-0.3, -0.25) is 0 Å². The molecule has 0 bridgehead atoms. The van der Waals surface area contributed by atoms with Crippen molar-refractivity contribution in [1.82, 2.24) is 0 Å². The molecule has 0 aliphatic heterocycles. The Kier molecular flexibility index (Phi) is 6.85. The lowest BCUT2D eigenvalue weighted by molar-refractivity contribution is -0.108. The summed E-state index contributed by atoms with van der Waals surface area (Å²) in [5.41, 5.74) is 1.51. The number of hydrogen-bond donors (Lipinski definition) is 0. The predicted octanol–water partition coefficient (Wildman–Crippen LogP) is 2.89. The molecule has 1 rings (SSSR count). The van der Waals surface area contributed by atoms with Gasteiger partial charge in [0.1, 0.15) is 0 Å². The zero-order valence-corrected chi connectivity index (χ0v) is 11.4. The summed E-state index contributed by atoms with van der Waals surface area (Å²) >= 11 is 0. The average molecular weight is 264 g/mol. The lowest BCUT2D eigenvalue weighted by Crippen LogP contribution is -2.14. The summed E-state index contributed by atoms with van der Waals surface area (Å²) in [6.07, 6.45) is 2.87. The van der Waals surface area contributed by atoms with E-state index in [0.717, 1.165) is 5.56 Å². The maximum atomic E-state index is 11.7. The van der Waals surface area contributed by atoms with Crippen LogP contribution in [-0.4, -0.2) is 33.1 Å². The van der Waals surface area contributed by atoms with Crippen LogP contribution in [0.25, 0.3) is 6.08 Å². The van der Waals surface area contributed by atoms with E-state index in [2.05, 4.69) is 6.58 Å². The molecule has 0 heterocycles. The summed E-state index contributed by atoms with van der Waals surface area (Å²) in [6, 6.07) is 7.11. The van der Waals surface area contributed by atoms with Crippen LogP contribution in [0.5, 0.6) is 0 Å². The minimum Gasteiger partial charge on any atom is -0.462 e. The third-order valence-electron chi connectivity index (χ3n) is 2.73. The third-order valence-corrected chi connectivity index (χ3v) is 2.73. The number of hydrogen-bond acceptors (Lipinski definition) is 4. The Morgan fingerprint density at radius 2 is 1.89 bits per heavy atom. The second-order valence-corrected chi connectivity index (χ2v) is 4.01. The number of esters is 1. The molecule has 19 heavy (non-hydrogen) atoms. The zero-order valence-electron chi connectivity index (χ0n) is 11.4. The van der Waals surface area contributed by atoms with E-state index in [9.17, 15) is 4.79 Å². The van der Waals surface area contributed by atoms with Crippen molar-refractivity contribution in [2.75, 3.05) is 20.8 Å². The SMILES string of the molecule is C=Cc1ccc(C(=O)OCCCC(OC)OC)cc1. The molecule has 0 aliphatic carbocycles. The highest BCUT2D eigenvalue weighted by Gasteiger charge is 2.08. The molecular formula is C15H20O4. The Bertz CT molecular complexity index is 393. The summed E-state index contributed by atoms with van der Waals surface area (Å²) < 4.78 is 15.3. The molecule has 0 N–H and O–H groups in total. The van der Waals surface area contributed by atoms with E-state index in [0.29, 0.717) is 25.0 Å². The van der Waals surface area contributed by atoms with Crippen LogP contribution in [0.2, 0.25) is 0 Å². The highest BCUT2D eigenvalue weighted by molar-refractivity contribution is 5.89. The Balaban J connectivity index is 2.32. The third kappa shape index (κ3) is 5.24. The minimum absolute atomic E-state index is 0.245. The Morgan fingerprint density at radius 1 is 1.26 bits per heavy atom. The smallest absolute Gasteiger partial charge is 0.338 e. The van der Waals surface area contributed by atoms with Gasteiger partial charge in [0.15, 0.2) is 6.29 Å². The van der Waals surface area contributed by atoms with Gasteiger partial charge in [-0.1, -0.05) is 24.8 Å². The summed E-state index contributed by atoms with van der Waals surface area (Å²) in [4.78, 5) is 11.7. The summed E-state index contributed by atoms with van der Waals surface area (Å²) in [6.45, 7) is 4.01. The highest BCUT2D eigenvalue weighted by atomic mass is 16.7. The number of benzene rings is 1. The summed E-state index contributed by atoms with van der Waals surface area (Å²) in [5.74, 6) is -0.318. The van der Waals surface area contributed by atoms with Crippen molar-refractivity contribution < 1.29 is 19.0 Å². The fourth-order valence-corrected chi connectivity index (χ4v) is 1.59. The van der Waals surface area contributed by atoms with Crippen LogP contribution < -0.4 is 0 Å². The van der Waals surface area contributed by atoms with Gasteiger partial charge in [-0.15, -0.1) is 0 Å². The van der Waals surface area contributed by atoms with E-state index in [1.54, 1.807) is 32.4 Å². The lowest BCUT2D eigenvalue weighted by atomic mass is 10.1. The maximum absolute atomic E-state index is 11.7. The fourth-order valence-electron chi connectivity index (χ4n) is 1.59. The number of carbonyl (C=O) groups is 1. The van der Waals surface area contributed by atoms with Crippen LogP contribution >= 0.6 is 0 Å². The fraction of sp³-hybridized carbons (Fsp3) is 0.400. The van der Waals surface area contributed by atoms with Crippen molar-refractivity contribution in [2.24, 2.45) is 0 Å². The highest BCUT2D eigenvalue weighted by Crippen LogP contribution is 2.08. The number of methoxy groups -OCH3 is 2. The zero-order chi connectivity index (χ0) is 14.1. The number of rotatable bonds is 8. The molecule has 0 saturated heterocycles. The molecule has 0 aliphatic rings. The first-order valence-electron chi connectivity index (χ1n) is 6.16. The van der Waals surface area contributed by atoms with Crippen molar-refractivity contribution in [2.45, 2.75) is 19.1 Å². The minimum atomic E-state index is -0.318. The first kappa shape index (κ1) is 15.4.